The summed E-state index contributed by atoms with van der Waals surface area (Å²) < 4.78 is 0. The van der Waals surface area contributed by atoms with E-state index in [1.807, 2.05) is 12.1 Å². The summed E-state index contributed by atoms with van der Waals surface area (Å²) in [6.07, 6.45) is -0.609. The molecule has 1 atom stereocenters. The Balaban J connectivity index is 1.53. The van der Waals surface area contributed by atoms with E-state index in [9.17, 15) is 24.3 Å². The lowest BCUT2D eigenvalue weighted by molar-refractivity contribution is -0.140. The number of rotatable bonds is 8. The first kappa shape index (κ1) is 23.2. The van der Waals surface area contributed by atoms with Gasteiger partial charge in [-0.2, -0.15) is 5.32 Å². The van der Waals surface area contributed by atoms with Crippen LogP contribution < -0.4 is 21.7 Å². The van der Waals surface area contributed by atoms with Crippen molar-refractivity contribution in [3.63, 3.8) is 0 Å². The van der Waals surface area contributed by atoms with Gasteiger partial charge < -0.3 is 26.6 Å². The number of nitrogens with one attached hydrogen (secondary N) is 2. The van der Waals surface area contributed by atoms with E-state index in [0.29, 0.717) is 28.0 Å². The minimum absolute atomic E-state index is 0.0863. The third kappa shape index (κ3) is 5.03. The SMILES string of the molecule is NC1=Nc2ccc3c(Nc4ccc(C(=O)N[C@@H](CCC(=O)O)C(=O)O)cc4)cccc3c2C(=O)[N]1. The maximum Gasteiger partial charge on any atom is 0.326 e. The largest absolute Gasteiger partial charge is 0.481 e. The van der Waals surface area contributed by atoms with Gasteiger partial charge in [0.2, 0.25) is 5.96 Å². The standard InChI is InChI=1S/C24H20N5O6/c25-24-28-17-9-8-14-15(20(17)22(33)29-24)2-1-3-16(14)26-13-6-4-12(5-7-13)21(32)27-18(23(34)35)10-11-19(30)31/h1-9,18,26H,10-11H2,(H2,25,28)(H,27,32)(H,30,31)(H,34,35)/t18-/m0/s1. The number of fused-ring (bicyclic) bond motifs is 3. The molecule has 11 nitrogen and oxygen atoms in total. The number of carbonyl (C=O) groups excluding carboxylic acids is 2. The monoisotopic (exact) mass is 474 g/mol. The second kappa shape index (κ2) is 9.51. The van der Waals surface area contributed by atoms with Crippen LogP contribution in [0.15, 0.2) is 59.6 Å². The average Bonchev–Trinajstić information content (AvgIpc) is 2.81. The molecule has 0 saturated carbocycles. The van der Waals surface area contributed by atoms with Crippen LogP contribution in [0.1, 0.15) is 33.6 Å². The van der Waals surface area contributed by atoms with Gasteiger partial charge in [-0.25, -0.2) is 9.79 Å². The zero-order valence-electron chi connectivity index (χ0n) is 18.2. The molecule has 0 bridgehead atoms. The topological polar surface area (TPSA) is 185 Å². The molecule has 0 fully saturated rings. The number of benzene rings is 3. The Morgan fingerprint density at radius 3 is 2.40 bits per heavy atom. The fourth-order valence-electron chi connectivity index (χ4n) is 3.71. The highest BCUT2D eigenvalue weighted by Gasteiger charge is 2.23. The second-order valence-electron chi connectivity index (χ2n) is 7.75. The summed E-state index contributed by atoms with van der Waals surface area (Å²) in [5, 5.41) is 28.7. The van der Waals surface area contributed by atoms with E-state index in [-0.39, 0.29) is 24.4 Å². The molecule has 3 aromatic rings. The van der Waals surface area contributed by atoms with Crippen LogP contribution in [0.3, 0.4) is 0 Å². The molecule has 1 aliphatic rings. The Morgan fingerprint density at radius 2 is 1.71 bits per heavy atom. The van der Waals surface area contributed by atoms with Gasteiger partial charge in [-0.1, -0.05) is 18.2 Å². The summed E-state index contributed by atoms with van der Waals surface area (Å²) in [6.45, 7) is 0. The summed E-state index contributed by atoms with van der Waals surface area (Å²) in [6, 6.07) is 13.9. The Hall–Kier alpha value is -4.93. The van der Waals surface area contributed by atoms with Crippen molar-refractivity contribution < 1.29 is 29.4 Å². The third-order valence-corrected chi connectivity index (χ3v) is 5.38. The fourth-order valence-corrected chi connectivity index (χ4v) is 3.71. The van der Waals surface area contributed by atoms with E-state index in [0.717, 1.165) is 5.39 Å². The molecule has 177 valence electrons. The molecule has 3 aromatic carbocycles. The number of anilines is 2. The number of carboxylic acid groups (broad SMARTS) is 2. The average molecular weight is 474 g/mol. The second-order valence-corrected chi connectivity index (χ2v) is 7.75. The number of amides is 2. The Kier molecular flexibility index (Phi) is 6.32. The van der Waals surface area contributed by atoms with Crippen LogP contribution in [0.25, 0.3) is 10.8 Å². The molecule has 0 unspecified atom stereocenters. The first-order valence-electron chi connectivity index (χ1n) is 10.5. The van der Waals surface area contributed by atoms with Crippen molar-refractivity contribution in [3.05, 3.63) is 65.7 Å². The van der Waals surface area contributed by atoms with Crippen LogP contribution >= 0.6 is 0 Å². The number of hydrogen-bond donors (Lipinski definition) is 5. The number of carbonyl (C=O) groups is 4. The summed E-state index contributed by atoms with van der Waals surface area (Å²) >= 11 is 0. The normalized spacial score (nSPS) is 13.3. The maximum atomic E-state index is 12.4. The molecule has 4 rings (SSSR count). The highest BCUT2D eigenvalue weighted by molar-refractivity contribution is 6.19. The van der Waals surface area contributed by atoms with Crippen LogP contribution in [0.4, 0.5) is 17.1 Å². The number of hydrogen-bond acceptors (Lipinski definition) is 7. The van der Waals surface area contributed by atoms with E-state index < -0.39 is 29.8 Å². The minimum Gasteiger partial charge on any atom is -0.481 e. The summed E-state index contributed by atoms with van der Waals surface area (Å²) in [4.78, 5) is 51.0. The highest BCUT2D eigenvalue weighted by Crippen LogP contribution is 2.35. The summed E-state index contributed by atoms with van der Waals surface area (Å²) in [7, 11) is 0. The minimum atomic E-state index is -1.31. The maximum absolute atomic E-state index is 12.4. The van der Waals surface area contributed by atoms with Crippen LogP contribution in [0.2, 0.25) is 0 Å². The van der Waals surface area contributed by atoms with Crippen LogP contribution in [0, 0.1) is 0 Å². The predicted molar refractivity (Wildman–Crippen MR) is 127 cm³/mol. The predicted octanol–water partition coefficient (Wildman–Crippen LogP) is 2.34. The molecule has 11 heteroatoms. The molecule has 0 aromatic heterocycles. The van der Waals surface area contributed by atoms with Crippen LogP contribution in [-0.4, -0.2) is 46.0 Å². The molecular weight excluding hydrogens is 454 g/mol. The number of aliphatic imine (C=N–C) groups is 1. The van der Waals surface area contributed by atoms with Gasteiger partial charge in [0.25, 0.3) is 11.8 Å². The number of nitrogens with two attached hydrogens (primary N) is 1. The molecular formula is C24H20N5O6. The first-order valence-corrected chi connectivity index (χ1v) is 10.5. The van der Waals surface area contributed by atoms with Gasteiger partial charge in [-0.05, 0) is 48.2 Å². The molecule has 2 amide bonds. The fraction of sp³-hybridized carbons (Fsp3) is 0.125. The van der Waals surface area contributed by atoms with E-state index in [1.54, 1.807) is 30.3 Å². The van der Waals surface area contributed by atoms with Gasteiger partial charge in [-0.15, -0.1) is 0 Å². The van der Waals surface area contributed by atoms with E-state index in [4.69, 9.17) is 10.8 Å². The smallest absolute Gasteiger partial charge is 0.326 e. The van der Waals surface area contributed by atoms with Gasteiger partial charge in [0.15, 0.2) is 0 Å². The summed E-state index contributed by atoms with van der Waals surface area (Å²) in [5.74, 6) is -3.64. The Bertz CT molecular complexity index is 1380. The van der Waals surface area contributed by atoms with Crippen LogP contribution in [-0.2, 0) is 9.59 Å². The lowest BCUT2D eigenvalue weighted by atomic mass is 9.99. The number of nitrogens with zero attached hydrogens (tertiary/aromatic N) is 2. The highest BCUT2D eigenvalue weighted by atomic mass is 16.4. The Labute approximate surface area is 198 Å². The van der Waals surface area contributed by atoms with Crippen molar-refractivity contribution in [1.29, 1.82) is 0 Å². The molecule has 0 spiro atoms. The van der Waals surface area contributed by atoms with Gasteiger partial charge in [0, 0.05) is 28.7 Å². The molecule has 6 N–H and O–H groups in total. The molecule has 1 heterocycles. The van der Waals surface area contributed by atoms with Crippen molar-refractivity contribution in [2.24, 2.45) is 10.7 Å². The summed E-state index contributed by atoms with van der Waals surface area (Å²) in [5.41, 5.74) is 7.97. The lowest BCUT2D eigenvalue weighted by Crippen LogP contribution is -2.41. The molecule has 0 saturated heterocycles. The van der Waals surface area contributed by atoms with Crippen LogP contribution in [0.5, 0.6) is 0 Å². The number of aliphatic carboxylic acids is 2. The van der Waals surface area contributed by atoms with E-state index in [2.05, 4.69) is 20.9 Å². The van der Waals surface area contributed by atoms with Gasteiger partial charge in [0.1, 0.15) is 6.04 Å². The van der Waals surface area contributed by atoms with Gasteiger partial charge >= 0.3 is 11.9 Å². The van der Waals surface area contributed by atoms with Gasteiger partial charge in [-0.3, -0.25) is 14.4 Å². The molecule has 1 aliphatic heterocycles. The molecule has 0 aliphatic carbocycles. The molecule has 35 heavy (non-hydrogen) atoms. The quantitative estimate of drug-likeness (QED) is 0.329. The Morgan fingerprint density at radius 1 is 0.971 bits per heavy atom. The number of guanidine groups is 1. The third-order valence-electron chi connectivity index (χ3n) is 5.38. The zero-order chi connectivity index (χ0) is 25.1. The first-order chi connectivity index (χ1) is 16.7. The van der Waals surface area contributed by atoms with E-state index in [1.165, 1.54) is 12.1 Å². The van der Waals surface area contributed by atoms with Crippen molar-refractivity contribution in [3.8, 4) is 0 Å². The lowest BCUT2D eigenvalue weighted by Gasteiger charge is -2.16. The van der Waals surface area contributed by atoms with Crippen molar-refractivity contribution >= 4 is 57.5 Å². The molecule has 1 radical (unpaired) electrons. The van der Waals surface area contributed by atoms with Crippen molar-refractivity contribution in [1.82, 2.24) is 10.6 Å². The van der Waals surface area contributed by atoms with E-state index >= 15 is 0 Å². The number of carboxylic acids is 2. The van der Waals surface area contributed by atoms with Crippen molar-refractivity contribution in [2.75, 3.05) is 5.32 Å². The zero-order valence-corrected chi connectivity index (χ0v) is 18.2. The van der Waals surface area contributed by atoms with Gasteiger partial charge in [0.05, 0.1) is 11.3 Å². The van der Waals surface area contributed by atoms with Crippen molar-refractivity contribution in [2.45, 2.75) is 18.9 Å².